The third-order valence-electron chi connectivity index (χ3n) is 2.57. The second kappa shape index (κ2) is 6.44. The van der Waals surface area contributed by atoms with Gasteiger partial charge >= 0.3 is 6.09 Å². The van der Waals surface area contributed by atoms with Gasteiger partial charge in [-0.05, 0) is 12.1 Å². The van der Waals surface area contributed by atoms with Crippen LogP contribution in [-0.4, -0.2) is 21.3 Å². The summed E-state index contributed by atoms with van der Waals surface area (Å²) in [5.41, 5.74) is -0.244. The van der Waals surface area contributed by atoms with Crippen molar-refractivity contribution in [3.8, 4) is 11.5 Å². The summed E-state index contributed by atoms with van der Waals surface area (Å²) in [4.78, 5) is 14.3. The topological polar surface area (TPSA) is 91.7 Å². The van der Waals surface area contributed by atoms with Crippen molar-refractivity contribution >= 4 is 23.5 Å². The van der Waals surface area contributed by atoms with Crippen molar-refractivity contribution in [2.24, 2.45) is 0 Å². The Balaban J connectivity index is 2.27. The molecule has 3 N–H and O–H groups in total. The lowest BCUT2D eigenvalue weighted by Crippen LogP contribution is -2.11. The standard InChI is InChI=1S/C13H9ClF2N2O4/c14-11-7(8(15)1-2-9(11)16)5-22-10-3-6(19)4-17-12(10)18-13(20)21/h1-4,19H,5H2,(H,17,18)(H,20,21). The normalized spacial score (nSPS) is 10.3. The molecule has 9 heteroatoms. The number of hydrogen-bond acceptors (Lipinski definition) is 4. The number of nitrogens with zero attached hydrogens (tertiary/aromatic N) is 1. The smallest absolute Gasteiger partial charge is 0.410 e. The molecule has 2 rings (SSSR count). The molecule has 0 saturated carbocycles. The van der Waals surface area contributed by atoms with Gasteiger partial charge in [0.25, 0.3) is 0 Å². The summed E-state index contributed by atoms with van der Waals surface area (Å²) in [6.45, 7) is -0.484. The van der Waals surface area contributed by atoms with E-state index in [1.54, 1.807) is 0 Å². The third-order valence-corrected chi connectivity index (χ3v) is 2.98. The first-order chi connectivity index (χ1) is 10.4. The molecular formula is C13H9ClF2N2O4. The van der Waals surface area contributed by atoms with Gasteiger partial charge in [0, 0.05) is 11.6 Å². The molecule has 0 aliphatic rings. The number of anilines is 1. The molecule has 0 saturated heterocycles. The minimum Gasteiger partial charge on any atom is -0.506 e. The van der Waals surface area contributed by atoms with Crippen molar-refractivity contribution < 1.29 is 28.5 Å². The number of aromatic nitrogens is 1. The Bertz CT molecular complexity index is 727. The van der Waals surface area contributed by atoms with Gasteiger partial charge in [-0.1, -0.05) is 11.6 Å². The Kier molecular flexibility index (Phi) is 4.62. The maximum atomic E-state index is 13.6. The lowest BCUT2D eigenvalue weighted by atomic mass is 10.2. The molecular weight excluding hydrogens is 322 g/mol. The van der Waals surface area contributed by atoms with Crippen LogP contribution in [0.4, 0.5) is 19.4 Å². The van der Waals surface area contributed by atoms with Crippen molar-refractivity contribution in [1.82, 2.24) is 4.98 Å². The van der Waals surface area contributed by atoms with E-state index in [4.69, 9.17) is 21.4 Å². The van der Waals surface area contributed by atoms with E-state index in [1.807, 2.05) is 5.32 Å². The van der Waals surface area contributed by atoms with E-state index in [9.17, 15) is 18.7 Å². The molecule has 0 bridgehead atoms. The Labute approximate surface area is 127 Å². The van der Waals surface area contributed by atoms with Gasteiger partial charge in [-0.2, -0.15) is 0 Å². The van der Waals surface area contributed by atoms with Gasteiger partial charge in [-0.25, -0.2) is 18.6 Å². The molecule has 6 nitrogen and oxygen atoms in total. The summed E-state index contributed by atoms with van der Waals surface area (Å²) in [7, 11) is 0. The fourth-order valence-electron chi connectivity index (χ4n) is 1.59. The van der Waals surface area contributed by atoms with Gasteiger partial charge in [-0.15, -0.1) is 0 Å². The van der Waals surface area contributed by atoms with Gasteiger partial charge in [0.1, 0.15) is 24.0 Å². The van der Waals surface area contributed by atoms with Crippen LogP contribution < -0.4 is 10.1 Å². The van der Waals surface area contributed by atoms with Gasteiger partial charge in [0.2, 0.25) is 0 Å². The fraction of sp³-hybridized carbons (Fsp3) is 0.0769. The highest BCUT2D eigenvalue weighted by atomic mass is 35.5. The van der Waals surface area contributed by atoms with E-state index in [0.717, 1.165) is 24.4 Å². The average molecular weight is 331 g/mol. The number of rotatable bonds is 4. The van der Waals surface area contributed by atoms with Crippen molar-refractivity contribution in [3.63, 3.8) is 0 Å². The first-order valence-corrected chi connectivity index (χ1v) is 6.20. The van der Waals surface area contributed by atoms with Gasteiger partial charge in [0.15, 0.2) is 11.6 Å². The maximum Gasteiger partial charge on any atom is 0.410 e. The number of halogens is 3. The second-order valence-corrected chi connectivity index (χ2v) is 4.46. The SMILES string of the molecule is O=C(O)Nc1ncc(O)cc1OCc1c(F)ccc(F)c1Cl. The summed E-state index contributed by atoms with van der Waals surface area (Å²) >= 11 is 5.65. The Hall–Kier alpha value is -2.61. The molecule has 0 radical (unpaired) electrons. The van der Waals surface area contributed by atoms with Gasteiger partial charge in [-0.3, -0.25) is 5.32 Å². The summed E-state index contributed by atoms with van der Waals surface area (Å²) in [5, 5.41) is 19.5. The van der Waals surface area contributed by atoms with Crippen molar-refractivity contribution in [2.45, 2.75) is 6.61 Å². The Morgan fingerprint density at radius 2 is 2.05 bits per heavy atom. The number of ether oxygens (including phenoxy) is 1. The van der Waals surface area contributed by atoms with Crippen LogP contribution in [-0.2, 0) is 6.61 Å². The number of carbonyl (C=O) groups is 1. The van der Waals surface area contributed by atoms with E-state index in [2.05, 4.69) is 4.98 Å². The lowest BCUT2D eigenvalue weighted by molar-refractivity contribution is 0.209. The molecule has 0 aliphatic carbocycles. The zero-order valence-corrected chi connectivity index (χ0v) is 11.6. The third kappa shape index (κ3) is 3.53. The molecule has 1 aromatic heterocycles. The quantitative estimate of drug-likeness (QED) is 0.747. The molecule has 1 heterocycles. The minimum absolute atomic E-state index is 0.165. The van der Waals surface area contributed by atoms with Crippen LogP contribution in [0.25, 0.3) is 0 Å². The van der Waals surface area contributed by atoms with Crippen LogP contribution in [0.15, 0.2) is 24.4 Å². The summed E-state index contributed by atoms with van der Waals surface area (Å²) < 4.78 is 32.1. The molecule has 2 aromatic rings. The number of pyridine rings is 1. The van der Waals surface area contributed by atoms with Crippen LogP contribution in [0.5, 0.6) is 11.5 Å². The molecule has 0 unspecified atom stereocenters. The average Bonchev–Trinajstić information content (AvgIpc) is 2.45. The highest BCUT2D eigenvalue weighted by molar-refractivity contribution is 6.31. The van der Waals surface area contributed by atoms with Crippen LogP contribution in [0.3, 0.4) is 0 Å². The fourth-order valence-corrected chi connectivity index (χ4v) is 1.80. The number of nitrogens with one attached hydrogen (secondary N) is 1. The van der Waals surface area contributed by atoms with Crippen LogP contribution in [0.1, 0.15) is 5.56 Å². The highest BCUT2D eigenvalue weighted by Crippen LogP contribution is 2.29. The van der Waals surface area contributed by atoms with Crippen molar-refractivity contribution in [2.75, 3.05) is 5.32 Å². The van der Waals surface area contributed by atoms with E-state index < -0.39 is 29.4 Å². The first-order valence-electron chi connectivity index (χ1n) is 5.82. The lowest BCUT2D eigenvalue weighted by Gasteiger charge is -2.12. The molecule has 1 amide bonds. The molecule has 0 atom stereocenters. The molecule has 1 aromatic carbocycles. The highest BCUT2D eigenvalue weighted by Gasteiger charge is 2.15. The zero-order chi connectivity index (χ0) is 16.3. The number of carboxylic acid groups (broad SMARTS) is 1. The minimum atomic E-state index is -1.40. The number of hydrogen-bond donors (Lipinski definition) is 3. The molecule has 0 fully saturated rings. The summed E-state index contributed by atoms with van der Waals surface area (Å²) in [6, 6.07) is 2.83. The monoisotopic (exact) mass is 330 g/mol. The van der Waals surface area contributed by atoms with E-state index >= 15 is 0 Å². The van der Waals surface area contributed by atoms with E-state index in [0.29, 0.717) is 0 Å². The van der Waals surface area contributed by atoms with Gasteiger partial charge < -0.3 is 14.9 Å². The van der Waals surface area contributed by atoms with Crippen LogP contribution in [0, 0.1) is 11.6 Å². The van der Waals surface area contributed by atoms with Crippen LogP contribution >= 0.6 is 11.6 Å². The number of benzene rings is 1. The predicted octanol–water partition coefficient (Wildman–Crippen LogP) is 3.39. The molecule has 22 heavy (non-hydrogen) atoms. The maximum absolute atomic E-state index is 13.6. The van der Waals surface area contributed by atoms with Crippen LogP contribution in [0.2, 0.25) is 5.02 Å². The molecule has 0 spiro atoms. The van der Waals surface area contributed by atoms with Gasteiger partial charge in [0.05, 0.1) is 11.2 Å². The summed E-state index contributed by atoms with van der Waals surface area (Å²) in [6.07, 6.45) is -0.411. The summed E-state index contributed by atoms with van der Waals surface area (Å²) in [5.74, 6) is -2.27. The number of aromatic hydroxyl groups is 1. The largest absolute Gasteiger partial charge is 0.506 e. The Morgan fingerprint density at radius 1 is 1.36 bits per heavy atom. The van der Waals surface area contributed by atoms with E-state index in [-0.39, 0.29) is 22.9 Å². The van der Waals surface area contributed by atoms with Crippen molar-refractivity contribution in [3.05, 3.63) is 46.6 Å². The van der Waals surface area contributed by atoms with E-state index in [1.165, 1.54) is 0 Å². The number of amides is 1. The first kappa shape index (κ1) is 15.8. The zero-order valence-electron chi connectivity index (χ0n) is 10.8. The Morgan fingerprint density at radius 3 is 2.73 bits per heavy atom. The predicted molar refractivity (Wildman–Crippen MR) is 73.2 cm³/mol. The van der Waals surface area contributed by atoms with Crippen molar-refractivity contribution in [1.29, 1.82) is 0 Å². The molecule has 116 valence electrons. The molecule has 0 aliphatic heterocycles. The second-order valence-electron chi connectivity index (χ2n) is 4.08.